The van der Waals surface area contributed by atoms with Gasteiger partial charge in [0.05, 0.1) is 17.4 Å². The van der Waals surface area contributed by atoms with E-state index in [0.29, 0.717) is 23.8 Å². The molecule has 2 aromatic heterocycles. The van der Waals surface area contributed by atoms with E-state index in [1.807, 2.05) is 26.0 Å². The number of carboxylic acid groups (broad SMARTS) is 1. The summed E-state index contributed by atoms with van der Waals surface area (Å²) in [5, 5.41) is 17.7. The summed E-state index contributed by atoms with van der Waals surface area (Å²) in [4.78, 5) is 26.5. The van der Waals surface area contributed by atoms with Crippen molar-refractivity contribution in [2.24, 2.45) is 11.8 Å². The molecule has 3 fully saturated rings. The van der Waals surface area contributed by atoms with E-state index in [-0.39, 0.29) is 12.6 Å². The van der Waals surface area contributed by atoms with Crippen molar-refractivity contribution in [3.05, 3.63) is 35.9 Å². The van der Waals surface area contributed by atoms with Crippen LogP contribution < -0.4 is 9.64 Å². The van der Waals surface area contributed by atoms with Crippen molar-refractivity contribution in [3.8, 4) is 11.6 Å². The lowest BCUT2D eigenvalue weighted by molar-refractivity contribution is -0.122. The number of nitrogens with zero attached hydrogens (tertiary/aromatic N) is 5. The van der Waals surface area contributed by atoms with Gasteiger partial charge in [0.2, 0.25) is 5.88 Å². The van der Waals surface area contributed by atoms with Crippen molar-refractivity contribution in [1.82, 2.24) is 19.9 Å². The fourth-order valence-corrected chi connectivity index (χ4v) is 5.57. The Balaban J connectivity index is 0.000000821. The van der Waals surface area contributed by atoms with Gasteiger partial charge in [0.1, 0.15) is 12.1 Å². The van der Waals surface area contributed by atoms with Crippen LogP contribution in [0.2, 0.25) is 0 Å². The number of hydrogen-bond acceptors (Lipinski definition) is 8. The van der Waals surface area contributed by atoms with Gasteiger partial charge in [-0.15, -0.1) is 0 Å². The van der Waals surface area contributed by atoms with Gasteiger partial charge >= 0.3 is 0 Å². The molecule has 2 saturated heterocycles. The Kier molecular flexibility index (Phi) is 7.39. The van der Waals surface area contributed by atoms with Crippen LogP contribution in [0.5, 0.6) is 11.6 Å². The van der Waals surface area contributed by atoms with Gasteiger partial charge in [-0.25, -0.2) is 9.97 Å². The smallest absolute Gasteiger partial charge is 0.290 e. The van der Waals surface area contributed by atoms with Crippen LogP contribution in [0.15, 0.2) is 24.7 Å². The lowest BCUT2D eigenvalue weighted by atomic mass is 9.77. The van der Waals surface area contributed by atoms with Crippen molar-refractivity contribution in [3.63, 3.8) is 0 Å². The first-order valence-electron chi connectivity index (χ1n) is 11.7. The number of aliphatic hydroxyl groups is 1. The average Bonchev–Trinajstić information content (AvgIpc) is 3.46. The van der Waals surface area contributed by atoms with Crippen molar-refractivity contribution < 1.29 is 19.7 Å². The summed E-state index contributed by atoms with van der Waals surface area (Å²) < 4.78 is 6.07. The van der Waals surface area contributed by atoms with Crippen LogP contribution in [0.4, 0.5) is 5.82 Å². The van der Waals surface area contributed by atoms with Gasteiger partial charge in [-0.1, -0.05) is 0 Å². The van der Waals surface area contributed by atoms with E-state index < -0.39 is 0 Å². The van der Waals surface area contributed by atoms with E-state index in [9.17, 15) is 5.11 Å². The molecule has 0 amide bonds. The lowest BCUT2D eigenvalue weighted by Gasteiger charge is -2.40. The average molecular weight is 456 g/mol. The molecule has 0 bridgehead atoms. The van der Waals surface area contributed by atoms with Gasteiger partial charge in [-0.05, 0) is 76.6 Å². The summed E-state index contributed by atoms with van der Waals surface area (Å²) in [6, 6.07) is 4.11. The number of carbonyl (C=O) groups is 1. The van der Waals surface area contributed by atoms with Crippen LogP contribution >= 0.6 is 0 Å². The van der Waals surface area contributed by atoms with Crippen LogP contribution in [-0.2, 0) is 4.79 Å². The highest BCUT2D eigenvalue weighted by atomic mass is 16.5. The second-order valence-electron chi connectivity index (χ2n) is 9.20. The second kappa shape index (κ2) is 10.4. The second-order valence-corrected chi connectivity index (χ2v) is 9.20. The number of aryl methyl sites for hydroxylation is 1. The minimum absolute atomic E-state index is 0.205. The summed E-state index contributed by atoms with van der Waals surface area (Å²) >= 11 is 0. The van der Waals surface area contributed by atoms with Gasteiger partial charge in [0, 0.05) is 25.3 Å². The highest BCUT2D eigenvalue weighted by molar-refractivity contribution is 5.52. The van der Waals surface area contributed by atoms with E-state index in [2.05, 4.69) is 24.8 Å². The molecule has 4 heterocycles. The van der Waals surface area contributed by atoms with Crippen molar-refractivity contribution >= 4 is 12.3 Å². The number of hydrogen-bond donors (Lipinski definition) is 2. The quantitative estimate of drug-likeness (QED) is 0.672. The molecule has 2 N–H and O–H groups in total. The van der Waals surface area contributed by atoms with Gasteiger partial charge in [-0.3, -0.25) is 14.7 Å². The van der Waals surface area contributed by atoms with Gasteiger partial charge in [0.25, 0.3) is 6.47 Å². The molecule has 1 aliphatic carbocycles. The fraction of sp³-hybridized carbons (Fsp3) is 0.583. The molecule has 2 aromatic rings. The number of anilines is 1. The van der Waals surface area contributed by atoms with Gasteiger partial charge < -0.3 is 19.8 Å². The zero-order chi connectivity index (χ0) is 23.4. The van der Waals surface area contributed by atoms with E-state index in [1.165, 1.54) is 12.8 Å². The first-order valence-corrected chi connectivity index (χ1v) is 11.7. The predicted molar refractivity (Wildman–Crippen MR) is 124 cm³/mol. The Morgan fingerprint density at radius 1 is 1.09 bits per heavy atom. The van der Waals surface area contributed by atoms with E-state index in [4.69, 9.17) is 14.6 Å². The third-order valence-corrected chi connectivity index (χ3v) is 7.19. The molecule has 2 aliphatic heterocycles. The Morgan fingerprint density at radius 2 is 1.79 bits per heavy atom. The molecular weight excluding hydrogens is 422 g/mol. The predicted octanol–water partition coefficient (Wildman–Crippen LogP) is 2.65. The number of fused-ring (bicyclic) bond motifs is 1. The lowest BCUT2D eigenvalue weighted by Crippen LogP contribution is -2.48. The maximum atomic E-state index is 10.8. The number of likely N-dealkylation sites (tertiary alicyclic amines) is 1. The molecule has 3 aliphatic rings. The molecule has 9 heteroatoms. The van der Waals surface area contributed by atoms with Crippen LogP contribution in [0.25, 0.3) is 0 Å². The monoisotopic (exact) mass is 455 g/mol. The van der Waals surface area contributed by atoms with Gasteiger partial charge in [-0.2, -0.15) is 0 Å². The third kappa shape index (κ3) is 5.09. The summed E-state index contributed by atoms with van der Waals surface area (Å²) in [6.07, 6.45) is 7.66. The van der Waals surface area contributed by atoms with Crippen LogP contribution in [-0.4, -0.2) is 74.9 Å². The SMILES string of the molecule is Cc1ncccc1Oc1ncnc(N2C[C@H]3C[C@@H](N4CCCC4)[C@H](O)C[C@H]3C2)c1C.O=CO. The number of aliphatic hydroxyl groups excluding tert-OH is 1. The molecule has 178 valence electrons. The first kappa shape index (κ1) is 23.4. The molecule has 4 atom stereocenters. The molecule has 0 unspecified atom stereocenters. The summed E-state index contributed by atoms with van der Waals surface area (Å²) in [5.41, 5.74) is 1.79. The summed E-state index contributed by atoms with van der Waals surface area (Å²) in [6.45, 7) is 7.92. The molecule has 1 saturated carbocycles. The van der Waals surface area contributed by atoms with E-state index in [1.54, 1.807) is 12.5 Å². The maximum Gasteiger partial charge on any atom is 0.290 e. The zero-order valence-electron chi connectivity index (χ0n) is 19.3. The molecular formula is C24H33N5O4. The van der Waals surface area contributed by atoms with Crippen molar-refractivity contribution in [2.45, 2.75) is 51.7 Å². The van der Waals surface area contributed by atoms with E-state index in [0.717, 1.165) is 61.8 Å². The fourth-order valence-electron chi connectivity index (χ4n) is 5.57. The summed E-state index contributed by atoms with van der Waals surface area (Å²) in [7, 11) is 0. The summed E-state index contributed by atoms with van der Waals surface area (Å²) in [5.74, 6) is 3.39. The number of ether oxygens (including phenoxy) is 1. The number of pyridine rings is 1. The molecule has 0 radical (unpaired) electrons. The normalized spacial score (nSPS) is 26.9. The number of aromatic nitrogens is 3. The van der Waals surface area contributed by atoms with Gasteiger partial charge in [0.15, 0.2) is 5.75 Å². The molecule has 9 nitrogen and oxygen atoms in total. The Bertz CT molecular complexity index is 952. The highest BCUT2D eigenvalue weighted by Crippen LogP contribution is 2.41. The van der Waals surface area contributed by atoms with E-state index >= 15 is 0 Å². The standard InChI is InChI=1S/C23H31N5O2.CH2O2/c1-15-22(25-14-26-23(15)30-21-6-5-7-24-16(21)2)28-12-17-10-19(27-8-3-4-9-27)20(29)11-18(17)13-28;2-1-3/h5-7,14,17-20,29H,3-4,8-13H2,1-2H3;1H,(H,2,3)/t17-,18+,19-,20-;/m1./s1. The Labute approximate surface area is 194 Å². The zero-order valence-corrected chi connectivity index (χ0v) is 19.3. The highest BCUT2D eigenvalue weighted by Gasteiger charge is 2.44. The minimum Gasteiger partial charge on any atom is -0.483 e. The number of rotatable bonds is 4. The van der Waals surface area contributed by atoms with Crippen LogP contribution in [0.3, 0.4) is 0 Å². The third-order valence-electron chi connectivity index (χ3n) is 7.19. The molecule has 5 rings (SSSR count). The largest absolute Gasteiger partial charge is 0.483 e. The van der Waals surface area contributed by atoms with Crippen molar-refractivity contribution in [1.29, 1.82) is 0 Å². The first-order chi connectivity index (χ1) is 16.0. The minimum atomic E-state index is -0.250. The Morgan fingerprint density at radius 3 is 2.48 bits per heavy atom. The van der Waals surface area contributed by atoms with Crippen molar-refractivity contribution in [2.75, 3.05) is 31.1 Å². The molecule has 0 spiro atoms. The van der Waals surface area contributed by atoms with Crippen LogP contribution in [0, 0.1) is 25.7 Å². The maximum absolute atomic E-state index is 10.8. The Hall–Kier alpha value is -2.78. The van der Waals surface area contributed by atoms with Crippen LogP contribution in [0.1, 0.15) is 36.9 Å². The molecule has 0 aromatic carbocycles. The topological polar surface area (TPSA) is 112 Å². The molecule has 33 heavy (non-hydrogen) atoms.